The molecule has 16 heavy (non-hydrogen) atoms. The van der Waals surface area contributed by atoms with Crippen molar-refractivity contribution >= 4 is 23.5 Å². The molecule has 0 bridgehead atoms. The van der Waals surface area contributed by atoms with Crippen molar-refractivity contribution < 1.29 is 0 Å². The third kappa shape index (κ3) is 4.26. The Morgan fingerprint density at radius 1 is 1.38 bits per heavy atom. The molecule has 1 heterocycles. The van der Waals surface area contributed by atoms with Crippen LogP contribution in [-0.2, 0) is 0 Å². The van der Waals surface area contributed by atoms with E-state index < -0.39 is 0 Å². The minimum atomic E-state index is 0.664. The summed E-state index contributed by atoms with van der Waals surface area (Å²) in [5, 5.41) is 6.29. The van der Waals surface area contributed by atoms with Gasteiger partial charge in [-0.3, -0.25) is 0 Å². The number of nitrogens with one attached hydrogen (secondary N) is 2. The molecule has 0 fully saturated rings. The Bertz CT molecular complexity index is 317. The molecule has 0 saturated heterocycles. The van der Waals surface area contributed by atoms with E-state index in [0.717, 1.165) is 17.9 Å². The molecule has 0 aliphatic rings. The minimum Gasteiger partial charge on any atom is -0.370 e. The fourth-order valence-electron chi connectivity index (χ4n) is 1.32. The lowest BCUT2D eigenvalue weighted by Gasteiger charge is -2.09. The highest BCUT2D eigenvalue weighted by atomic mass is 32.2. The number of nitrogens with zero attached hydrogens (tertiary/aromatic N) is 2. The lowest BCUT2D eigenvalue weighted by Crippen LogP contribution is -2.07. The van der Waals surface area contributed by atoms with Gasteiger partial charge in [-0.2, -0.15) is 16.7 Å². The summed E-state index contributed by atoms with van der Waals surface area (Å²) in [6, 6.07) is 0. The zero-order valence-corrected chi connectivity index (χ0v) is 11.0. The first-order valence-corrected chi connectivity index (χ1v) is 6.91. The van der Waals surface area contributed by atoms with E-state index in [9.17, 15) is 0 Å². The molecule has 4 nitrogen and oxygen atoms in total. The van der Waals surface area contributed by atoms with Crippen molar-refractivity contribution in [2.45, 2.75) is 19.8 Å². The van der Waals surface area contributed by atoms with Crippen LogP contribution in [0.2, 0.25) is 0 Å². The molecule has 1 aromatic rings. The van der Waals surface area contributed by atoms with Gasteiger partial charge in [-0.15, -0.1) is 0 Å². The van der Waals surface area contributed by atoms with Crippen LogP contribution in [0.15, 0.2) is 6.20 Å². The molecule has 2 N–H and O–H groups in total. The van der Waals surface area contributed by atoms with Crippen molar-refractivity contribution in [3.63, 3.8) is 0 Å². The number of hydrogen-bond acceptors (Lipinski definition) is 5. The summed E-state index contributed by atoms with van der Waals surface area (Å²) in [5.41, 5.74) is 1.09. The van der Waals surface area contributed by atoms with E-state index >= 15 is 0 Å². The summed E-state index contributed by atoms with van der Waals surface area (Å²) >= 11 is 1.89. The Morgan fingerprint density at radius 3 is 2.88 bits per heavy atom. The number of aryl methyl sites for hydroxylation is 1. The first-order valence-electron chi connectivity index (χ1n) is 5.52. The van der Waals surface area contributed by atoms with Gasteiger partial charge >= 0.3 is 0 Å². The zero-order chi connectivity index (χ0) is 11.8. The second kappa shape index (κ2) is 7.33. The Hall–Kier alpha value is -0.970. The summed E-state index contributed by atoms with van der Waals surface area (Å²) in [6.07, 6.45) is 6.40. The van der Waals surface area contributed by atoms with E-state index in [1.807, 2.05) is 31.9 Å². The van der Waals surface area contributed by atoms with E-state index in [1.54, 1.807) is 0 Å². The van der Waals surface area contributed by atoms with Gasteiger partial charge < -0.3 is 10.6 Å². The predicted octanol–water partition coefficient (Wildman–Crippen LogP) is 2.38. The molecular formula is C11H20N4S. The third-order valence-corrected chi connectivity index (χ3v) is 2.96. The van der Waals surface area contributed by atoms with Crippen molar-refractivity contribution in [2.24, 2.45) is 0 Å². The van der Waals surface area contributed by atoms with E-state index in [4.69, 9.17) is 0 Å². The molecule has 0 aliphatic heterocycles. The highest BCUT2D eigenvalue weighted by molar-refractivity contribution is 7.98. The summed E-state index contributed by atoms with van der Waals surface area (Å²) in [5.74, 6) is 2.83. The van der Waals surface area contributed by atoms with Gasteiger partial charge in [-0.05, 0) is 31.8 Å². The average molecular weight is 240 g/mol. The van der Waals surface area contributed by atoms with Gasteiger partial charge in [0.1, 0.15) is 5.82 Å². The van der Waals surface area contributed by atoms with Gasteiger partial charge in [0.2, 0.25) is 5.95 Å². The van der Waals surface area contributed by atoms with E-state index in [2.05, 4.69) is 26.9 Å². The number of unbranched alkanes of at least 4 members (excludes halogenated alkanes) is 1. The van der Waals surface area contributed by atoms with Crippen LogP contribution >= 0.6 is 11.8 Å². The summed E-state index contributed by atoms with van der Waals surface area (Å²) < 4.78 is 0. The van der Waals surface area contributed by atoms with Crippen LogP contribution in [0.1, 0.15) is 18.4 Å². The lowest BCUT2D eigenvalue weighted by atomic mass is 10.3. The average Bonchev–Trinajstić information content (AvgIpc) is 2.31. The summed E-state index contributed by atoms with van der Waals surface area (Å²) in [7, 11) is 1.83. The molecule has 1 aromatic heterocycles. The monoisotopic (exact) mass is 240 g/mol. The van der Waals surface area contributed by atoms with Crippen molar-refractivity contribution in [3.05, 3.63) is 11.8 Å². The first kappa shape index (κ1) is 13.1. The summed E-state index contributed by atoms with van der Waals surface area (Å²) in [4.78, 5) is 8.52. The van der Waals surface area contributed by atoms with Crippen LogP contribution < -0.4 is 10.6 Å². The topological polar surface area (TPSA) is 49.8 Å². The van der Waals surface area contributed by atoms with E-state index in [-0.39, 0.29) is 0 Å². The fourth-order valence-corrected chi connectivity index (χ4v) is 1.81. The van der Waals surface area contributed by atoms with Crippen molar-refractivity contribution in [1.82, 2.24) is 9.97 Å². The van der Waals surface area contributed by atoms with Crippen LogP contribution in [0.25, 0.3) is 0 Å². The van der Waals surface area contributed by atoms with E-state index in [0.29, 0.717) is 5.95 Å². The van der Waals surface area contributed by atoms with Crippen LogP contribution in [0.3, 0.4) is 0 Å². The van der Waals surface area contributed by atoms with Crippen molar-refractivity contribution in [3.8, 4) is 0 Å². The van der Waals surface area contributed by atoms with Crippen molar-refractivity contribution in [2.75, 3.05) is 36.2 Å². The van der Waals surface area contributed by atoms with Crippen molar-refractivity contribution in [1.29, 1.82) is 0 Å². The Labute approximate surface area is 102 Å². The molecule has 0 aromatic carbocycles. The Balaban J connectivity index is 2.40. The first-order chi connectivity index (χ1) is 7.77. The predicted molar refractivity (Wildman–Crippen MR) is 72.4 cm³/mol. The van der Waals surface area contributed by atoms with Gasteiger partial charge in [-0.1, -0.05) is 0 Å². The molecule has 5 heteroatoms. The number of aromatic nitrogens is 2. The Kier molecular flexibility index (Phi) is 6.00. The van der Waals surface area contributed by atoms with Gasteiger partial charge in [0.15, 0.2) is 0 Å². The maximum absolute atomic E-state index is 4.37. The second-order valence-corrected chi connectivity index (χ2v) is 4.59. The maximum Gasteiger partial charge on any atom is 0.224 e. The number of rotatable bonds is 7. The molecule has 0 aliphatic carbocycles. The molecule has 0 saturated carbocycles. The number of thioether (sulfide) groups is 1. The third-order valence-electron chi connectivity index (χ3n) is 2.26. The molecule has 0 atom stereocenters. The number of anilines is 2. The lowest BCUT2D eigenvalue weighted by molar-refractivity contribution is 0.838. The number of hydrogen-bond donors (Lipinski definition) is 2. The quantitative estimate of drug-likeness (QED) is 0.717. The molecular weight excluding hydrogens is 220 g/mol. The Morgan fingerprint density at radius 2 is 2.19 bits per heavy atom. The van der Waals surface area contributed by atoms with Gasteiger partial charge in [0.05, 0.1) is 0 Å². The van der Waals surface area contributed by atoms with Crippen LogP contribution in [0.5, 0.6) is 0 Å². The largest absolute Gasteiger partial charge is 0.370 e. The smallest absolute Gasteiger partial charge is 0.224 e. The minimum absolute atomic E-state index is 0.664. The fraction of sp³-hybridized carbons (Fsp3) is 0.636. The van der Waals surface area contributed by atoms with Gasteiger partial charge in [0, 0.05) is 25.4 Å². The zero-order valence-electron chi connectivity index (χ0n) is 10.2. The van der Waals surface area contributed by atoms with E-state index in [1.165, 1.54) is 18.6 Å². The molecule has 0 spiro atoms. The molecule has 1 rings (SSSR count). The standard InChI is InChI=1S/C11H20N4S/c1-9-8-14-11(12-2)15-10(9)13-6-4-5-7-16-3/h8H,4-7H2,1-3H3,(H2,12,13,14,15). The second-order valence-electron chi connectivity index (χ2n) is 3.60. The molecule has 0 unspecified atom stereocenters. The normalized spacial score (nSPS) is 10.2. The molecule has 0 amide bonds. The molecule has 90 valence electrons. The molecule has 0 radical (unpaired) electrons. The van der Waals surface area contributed by atoms with Gasteiger partial charge in [-0.25, -0.2) is 4.98 Å². The SMILES string of the molecule is CNc1ncc(C)c(NCCCCSC)n1. The van der Waals surface area contributed by atoms with Gasteiger partial charge in [0.25, 0.3) is 0 Å². The van der Waals surface area contributed by atoms with Crippen LogP contribution in [-0.4, -0.2) is 35.6 Å². The highest BCUT2D eigenvalue weighted by Crippen LogP contribution is 2.12. The van der Waals surface area contributed by atoms with Crippen LogP contribution in [0, 0.1) is 6.92 Å². The highest BCUT2D eigenvalue weighted by Gasteiger charge is 2.01. The van der Waals surface area contributed by atoms with Crippen LogP contribution in [0.4, 0.5) is 11.8 Å². The maximum atomic E-state index is 4.37. The summed E-state index contributed by atoms with van der Waals surface area (Å²) in [6.45, 7) is 2.99.